The minimum Gasteiger partial charge on any atom is -0.312 e. The van der Waals surface area contributed by atoms with Gasteiger partial charge in [-0.05, 0) is 64.2 Å². The van der Waals surface area contributed by atoms with Crippen LogP contribution >= 0.6 is 27.3 Å². The maximum absolute atomic E-state index is 12.6. The molecule has 1 unspecified atom stereocenters. The van der Waals surface area contributed by atoms with Gasteiger partial charge in [0.25, 0.3) is 5.91 Å². The van der Waals surface area contributed by atoms with E-state index >= 15 is 0 Å². The fourth-order valence-electron chi connectivity index (χ4n) is 3.56. The quantitative estimate of drug-likeness (QED) is 0.629. The highest BCUT2D eigenvalue weighted by atomic mass is 79.9. The molecule has 5 heteroatoms. The van der Waals surface area contributed by atoms with Crippen LogP contribution < -0.4 is 5.32 Å². The zero-order valence-corrected chi connectivity index (χ0v) is 17.8. The smallest absolute Gasteiger partial charge is 0.257 e. The van der Waals surface area contributed by atoms with Crippen molar-refractivity contribution in [2.75, 3.05) is 5.32 Å². The molecule has 1 amide bonds. The number of carbonyl (C=O) groups excluding carboxylic acids is 1. The van der Waals surface area contributed by atoms with Crippen LogP contribution in [0.3, 0.4) is 0 Å². The molecule has 1 heterocycles. The lowest BCUT2D eigenvalue weighted by molar-refractivity contribution is 0.102. The minimum absolute atomic E-state index is 0.182. The lowest BCUT2D eigenvalue weighted by atomic mass is 9.69. The largest absolute Gasteiger partial charge is 0.312 e. The molecule has 1 aromatic heterocycles. The van der Waals surface area contributed by atoms with E-state index in [4.69, 9.17) is 0 Å². The van der Waals surface area contributed by atoms with E-state index in [9.17, 15) is 10.1 Å². The Morgan fingerprint density at radius 2 is 2.15 bits per heavy atom. The summed E-state index contributed by atoms with van der Waals surface area (Å²) < 4.78 is 0.752. The molecule has 0 radical (unpaired) electrons. The maximum Gasteiger partial charge on any atom is 0.257 e. The predicted octanol–water partition coefficient (Wildman–Crippen LogP) is 6.18. The fourth-order valence-corrected chi connectivity index (χ4v) is 5.30. The second-order valence-electron chi connectivity index (χ2n) is 7.54. The second-order valence-corrected chi connectivity index (χ2v) is 9.50. The number of benzene rings is 1. The lowest BCUT2D eigenvalue weighted by Gasteiger charge is -2.36. The number of carbonyl (C=O) groups is 1. The zero-order chi connectivity index (χ0) is 18.9. The molecule has 0 aliphatic heterocycles. The van der Waals surface area contributed by atoms with E-state index in [-0.39, 0.29) is 5.91 Å². The Morgan fingerprint density at radius 3 is 2.81 bits per heavy atom. The number of hydrogen-bond donors (Lipinski definition) is 1. The maximum atomic E-state index is 12.6. The van der Waals surface area contributed by atoms with Gasteiger partial charge in [0.1, 0.15) is 11.1 Å². The standard InChI is InChI=1S/C21H23BrN2OS/c1-4-21(2,3)13-9-10-14-16(12-23)20(26-18(14)11-13)24-19(25)15-7-5-6-8-17(15)22/h5-8,13H,4,9-11H2,1-3H3,(H,24,25). The molecule has 1 aromatic carbocycles. The third-order valence-corrected chi connectivity index (χ3v) is 7.60. The first-order valence-electron chi connectivity index (χ1n) is 8.98. The topological polar surface area (TPSA) is 52.9 Å². The first kappa shape index (κ1) is 19.1. The number of amides is 1. The molecule has 136 valence electrons. The SMILES string of the molecule is CCC(C)(C)C1CCc2c(sc(NC(=O)c3ccccc3Br)c2C#N)C1. The van der Waals surface area contributed by atoms with Crippen molar-refractivity contribution in [2.45, 2.75) is 46.5 Å². The minimum atomic E-state index is -0.182. The summed E-state index contributed by atoms with van der Waals surface area (Å²) in [6.45, 7) is 6.90. The van der Waals surface area contributed by atoms with Crippen LogP contribution in [-0.4, -0.2) is 5.91 Å². The summed E-state index contributed by atoms with van der Waals surface area (Å²) in [6, 6.07) is 9.66. The third kappa shape index (κ3) is 3.58. The van der Waals surface area contributed by atoms with E-state index in [1.807, 2.05) is 18.2 Å². The average Bonchev–Trinajstić information content (AvgIpc) is 2.97. The van der Waals surface area contributed by atoms with Crippen molar-refractivity contribution in [1.82, 2.24) is 0 Å². The molecule has 1 aliphatic rings. The second kappa shape index (κ2) is 7.54. The molecule has 26 heavy (non-hydrogen) atoms. The summed E-state index contributed by atoms with van der Waals surface area (Å²) in [7, 11) is 0. The Hall–Kier alpha value is -1.64. The van der Waals surface area contributed by atoms with Crippen molar-refractivity contribution in [1.29, 1.82) is 5.26 Å². The normalized spacial score (nSPS) is 16.7. The van der Waals surface area contributed by atoms with Crippen LogP contribution in [0.5, 0.6) is 0 Å². The Bertz CT molecular complexity index is 879. The van der Waals surface area contributed by atoms with Crippen molar-refractivity contribution in [2.24, 2.45) is 11.3 Å². The van der Waals surface area contributed by atoms with Crippen molar-refractivity contribution < 1.29 is 4.79 Å². The average molecular weight is 431 g/mol. The first-order valence-corrected chi connectivity index (χ1v) is 10.6. The van der Waals surface area contributed by atoms with Gasteiger partial charge in [-0.3, -0.25) is 4.79 Å². The first-order chi connectivity index (χ1) is 12.4. The van der Waals surface area contributed by atoms with Crippen LogP contribution in [0.15, 0.2) is 28.7 Å². The lowest BCUT2D eigenvalue weighted by Crippen LogP contribution is -2.28. The van der Waals surface area contributed by atoms with Gasteiger partial charge < -0.3 is 5.32 Å². The molecule has 0 saturated heterocycles. The van der Waals surface area contributed by atoms with E-state index in [0.717, 1.165) is 35.7 Å². The Balaban J connectivity index is 1.88. The van der Waals surface area contributed by atoms with E-state index in [1.165, 1.54) is 4.88 Å². The van der Waals surface area contributed by atoms with Crippen LogP contribution in [0.4, 0.5) is 5.00 Å². The summed E-state index contributed by atoms with van der Waals surface area (Å²) in [5.41, 5.74) is 2.67. The number of nitriles is 1. The van der Waals surface area contributed by atoms with Crippen LogP contribution in [0.2, 0.25) is 0 Å². The fraction of sp³-hybridized carbons (Fsp3) is 0.429. The van der Waals surface area contributed by atoms with Crippen molar-refractivity contribution in [3.63, 3.8) is 0 Å². The summed E-state index contributed by atoms with van der Waals surface area (Å²) in [5, 5.41) is 13.3. The molecule has 0 bridgehead atoms. The highest BCUT2D eigenvalue weighted by Gasteiger charge is 2.34. The Labute approximate surface area is 167 Å². The summed E-state index contributed by atoms with van der Waals surface area (Å²) in [5.74, 6) is 0.440. The molecule has 1 atom stereocenters. The highest BCUT2D eigenvalue weighted by Crippen LogP contribution is 2.45. The number of thiophene rings is 1. The molecule has 1 aliphatic carbocycles. The van der Waals surface area contributed by atoms with Gasteiger partial charge in [-0.25, -0.2) is 0 Å². The van der Waals surface area contributed by atoms with Gasteiger partial charge in [0.05, 0.1) is 11.1 Å². The van der Waals surface area contributed by atoms with Crippen LogP contribution in [0, 0.1) is 22.7 Å². The molecule has 1 N–H and O–H groups in total. The molecular formula is C21H23BrN2OS. The van der Waals surface area contributed by atoms with Gasteiger partial charge in [-0.15, -0.1) is 11.3 Å². The van der Waals surface area contributed by atoms with Crippen LogP contribution in [0.1, 0.15) is 60.0 Å². The number of hydrogen-bond acceptors (Lipinski definition) is 3. The third-order valence-electron chi connectivity index (χ3n) is 5.74. The van der Waals surface area contributed by atoms with Gasteiger partial charge in [0.15, 0.2) is 0 Å². The summed E-state index contributed by atoms with van der Waals surface area (Å²) in [4.78, 5) is 13.9. The van der Waals surface area contributed by atoms with Gasteiger partial charge >= 0.3 is 0 Å². The number of nitrogens with one attached hydrogen (secondary N) is 1. The summed E-state index contributed by atoms with van der Waals surface area (Å²) >= 11 is 4.99. The molecule has 0 spiro atoms. The van der Waals surface area contributed by atoms with Gasteiger partial charge in [0, 0.05) is 9.35 Å². The predicted molar refractivity (Wildman–Crippen MR) is 111 cm³/mol. The molecule has 2 aromatic rings. The van der Waals surface area contributed by atoms with E-state index in [2.05, 4.69) is 48.1 Å². The molecule has 0 saturated carbocycles. The van der Waals surface area contributed by atoms with Crippen molar-refractivity contribution in [3.05, 3.63) is 50.3 Å². The van der Waals surface area contributed by atoms with Crippen LogP contribution in [0.25, 0.3) is 0 Å². The molecule has 0 fully saturated rings. The Kier molecular flexibility index (Phi) is 5.55. The van der Waals surface area contributed by atoms with Crippen molar-refractivity contribution >= 4 is 38.2 Å². The number of anilines is 1. The molecular weight excluding hydrogens is 408 g/mol. The van der Waals surface area contributed by atoms with Gasteiger partial charge in [-0.2, -0.15) is 5.26 Å². The zero-order valence-electron chi connectivity index (χ0n) is 15.4. The number of fused-ring (bicyclic) bond motifs is 1. The number of halogens is 1. The van der Waals surface area contributed by atoms with Gasteiger partial charge in [0.2, 0.25) is 0 Å². The van der Waals surface area contributed by atoms with Crippen molar-refractivity contribution in [3.8, 4) is 6.07 Å². The molecule has 3 nitrogen and oxygen atoms in total. The van der Waals surface area contributed by atoms with Gasteiger partial charge in [-0.1, -0.05) is 39.3 Å². The monoisotopic (exact) mass is 430 g/mol. The highest BCUT2D eigenvalue weighted by molar-refractivity contribution is 9.10. The number of rotatable bonds is 4. The van der Waals surface area contributed by atoms with E-state index in [0.29, 0.717) is 27.5 Å². The van der Waals surface area contributed by atoms with E-state index < -0.39 is 0 Å². The van der Waals surface area contributed by atoms with E-state index in [1.54, 1.807) is 17.4 Å². The summed E-state index contributed by atoms with van der Waals surface area (Å²) in [6.07, 6.45) is 4.18. The Morgan fingerprint density at radius 1 is 1.42 bits per heavy atom. The number of nitrogens with zero attached hydrogens (tertiary/aromatic N) is 1. The van der Waals surface area contributed by atoms with Crippen LogP contribution in [-0.2, 0) is 12.8 Å². The molecule has 3 rings (SSSR count).